The van der Waals surface area contributed by atoms with Gasteiger partial charge in [-0.2, -0.15) is 0 Å². The van der Waals surface area contributed by atoms with Crippen molar-refractivity contribution in [1.29, 1.82) is 0 Å². The molecule has 1 aliphatic rings. The number of allylic oxidation sites excluding steroid dienone is 6. The van der Waals surface area contributed by atoms with Crippen molar-refractivity contribution >= 4 is 0 Å². The Bertz CT molecular complexity index is 563. The molecule has 0 saturated carbocycles. The number of hydrogen-bond donors (Lipinski definition) is 1. The van der Waals surface area contributed by atoms with Crippen molar-refractivity contribution in [3.63, 3.8) is 0 Å². The molecule has 1 nitrogen and oxygen atoms in total. The summed E-state index contributed by atoms with van der Waals surface area (Å²) in [6.07, 6.45) is 17.1. The van der Waals surface area contributed by atoms with Gasteiger partial charge in [0.1, 0.15) is 0 Å². The van der Waals surface area contributed by atoms with E-state index in [0.717, 1.165) is 19.3 Å². The Morgan fingerprint density at radius 1 is 1.23 bits per heavy atom. The summed E-state index contributed by atoms with van der Waals surface area (Å²) in [6.45, 7) is 4.87. The fourth-order valence-corrected chi connectivity index (χ4v) is 3.28. The van der Waals surface area contributed by atoms with Crippen molar-refractivity contribution in [3.05, 3.63) is 70.8 Å². The van der Waals surface area contributed by atoms with Crippen LogP contribution in [0.5, 0.6) is 0 Å². The van der Waals surface area contributed by atoms with E-state index >= 15 is 0 Å². The van der Waals surface area contributed by atoms with Crippen molar-refractivity contribution in [1.82, 2.24) is 0 Å². The van der Waals surface area contributed by atoms with Gasteiger partial charge in [-0.05, 0) is 74.1 Å². The van der Waals surface area contributed by atoms with E-state index in [2.05, 4.69) is 62.4 Å². The van der Waals surface area contributed by atoms with Gasteiger partial charge in [0.15, 0.2) is 0 Å². The molecule has 2 rings (SSSR count). The van der Waals surface area contributed by atoms with E-state index in [9.17, 15) is 0 Å². The molecule has 0 amide bonds. The summed E-state index contributed by atoms with van der Waals surface area (Å²) in [6, 6.07) is 6.81. The molecule has 0 bridgehead atoms. The molecular weight excluding hydrogens is 266 g/mol. The van der Waals surface area contributed by atoms with E-state index in [1.165, 1.54) is 35.1 Å². The smallest absolute Gasteiger partial charge is 0.0178 e. The molecule has 0 aliphatic heterocycles. The summed E-state index contributed by atoms with van der Waals surface area (Å²) in [4.78, 5) is 0. The summed E-state index contributed by atoms with van der Waals surface area (Å²) in [5, 5.41) is 0. The van der Waals surface area contributed by atoms with Crippen LogP contribution in [-0.4, -0.2) is 0 Å². The highest BCUT2D eigenvalue weighted by Crippen LogP contribution is 2.29. The normalized spacial score (nSPS) is 20.1. The number of nitrogens with two attached hydrogens (primary N) is 1. The Labute approximate surface area is 135 Å². The van der Waals surface area contributed by atoms with Gasteiger partial charge in [-0.3, -0.25) is 0 Å². The molecule has 0 aromatic heterocycles. The number of aryl methyl sites for hydroxylation is 1. The summed E-state index contributed by atoms with van der Waals surface area (Å²) in [7, 11) is 0. The van der Waals surface area contributed by atoms with E-state index in [1.807, 2.05) is 0 Å². The van der Waals surface area contributed by atoms with Gasteiger partial charge in [0.25, 0.3) is 0 Å². The van der Waals surface area contributed by atoms with Crippen LogP contribution in [-0.2, 0) is 19.4 Å². The molecule has 2 N–H and O–H groups in total. The fourth-order valence-electron chi connectivity index (χ4n) is 3.28. The van der Waals surface area contributed by atoms with Gasteiger partial charge < -0.3 is 5.73 Å². The maximum absolute atomic E-state index is 5.82. The van der Waals surface area contributed by atoms with Crippen LogP contribution in [0.1, 0.15) is 49.8 Å². The third kappa shape index (κ3) is 4.45. The largest absolute Gasteiger partial charge is 0.326 e. The predicted molar refractivity (Wildman–Crippen MR) is 96.8 cm³/mol. The summed E-state index contributed by atoms with van der Waals surface area (Å²) in [5.74, 6) is 0.666. The van der Waals surface area contributed by atoms with Crippen LogP contribution in [0.25, 0.3) is 0 Å². The van der Waals surface area contributed by atoms with E-state index in [0.29, 0.717) is 12.5 Å². The molecule has 1 aliphatic carbocycles. The van der Waals surface area contributed by atoms with Gasteiger partial charge >= 0.3 is 0 Å². The Morgan fingerprint density at radius 2 is 2.09 bits per heavy atom. The zero-order chi connectivity index (χ0) is 15.8. The standard InChI is InChI=1S/C21H29N/c1-3-5-6-10-19-14-17(16-22)12-13-21(19)15-20-11-8-7-9-18(20)4-2/h3-5,7,9,12-14,20H,6,8,10-11,15-16,22H2,1-2H3/b5-3+,18-4-. The third-order valence-corrected chi connectivity index (χ3v) is 4.59. The van der Waals surface area contributed by atoms with Crippen LogP contribution in [0.2, 0.25) is 0 Å². The van der Waals surface area contributed by atoms with Crippen molar-refractivity contribution in [2.45, 2.75) is 52.5 Å². The molecule has 0 spiro atoms. The first kappa shape index (κ1) is 16.8. The number of hydrogen-bond acceptors (Lipinski definition) is 1. The minimum atomic E-state index is 0.628. The van der Waals surface area contributed by atoms with Crippen molar-refractivity contribution in [2.75, 3.05) is 0 Å². The quantitative estimate of drug-likeness (QED) is 0.725. The summed E-state index contributed by atoms with van der Waals surface area (Å²) < 4.78 is 0. The fraction of sp³-hybridized carbons (Fsp3) is 0.429. The van der Waals surface area contributed by atoms with Crippen LogP contribution in [0.4, 0.5) is 0 Å². The molecule has 0 heterocycles. The maximum Gasteiger partial charge on any atom is 0.0178 e. The molecule has 1 unspecified atom stereocenters. The van der Waals surface area contributed by atoms with Crippen LogP contribution in [0, 0.1) is 5.92 Å². The van der Waals surface area contributed by atoms with E-state index in [-0.39, 0.29) is 0 Å². The van der Waals surface area contributed by atoms with Gasteiger partial charge in [-0.25, -0.2) is 0 Å². The minimum absolute atomic E-state index is 0.628. The second kappa shape index (κ2) is 8.75. The van der Waals surface area contributed by atoms with Gasteiger partial charge in [0.05, 0.1) is 0 Å². The molecule has 0 saturated heterocycles. The molecule has 0 fully saturated rings. The first-order valence-electron chi connectivity index (χ1n) is 8.53. The molecule has 1 aromatic rings. The van der Waals surface area contributed by atoms with Gasteiger partial charge in [-0.1, -0.05) is 48.6 Å². The van der Waals surface area contributed by atoms with E-state index in [4.69, 9.17) is 5.73 Å². The highest BCUT2D eigenvalue weighted by atomic mass is 14.5. The zero-order valence-corrected chi connectivity index (χ0v) is 14.0. The van der Waals surface area contributed by atoms with Crippen LogP contribution < -0.4 is 5.73 Å². The average Bonchev–Trinajstić information content (AvgIpc) is 2.57. The topological polar surface area (TPSA) is 26.0 Å². The molecule has 22 heavy (non-hydrogen) atoms. The highest BCUT2D eigenvalue weighted by molar-refractivity contribution is 5.35. The van der Waals surface area contributed by atoms with Gasteiger partial charge in [0, 0.05) is 6.54 Å². The van der Waals surface area contributed by atoms with Crippen molar-refractivity contribution in [2.24, 2.45) is 11.7 Å². The Morgan fingerprint density at radius 3 is 2.82 bits per heavy atom. The second-order valence-electron chi connectivity index (χ2n) is 6.08. The number of benzene rings is 1. The molecule has 118 valence electrons. The second-order valence-corrected chi connectivity index (χ2v) is 6.08. The lowest BCUT2D eigenvalue weighted by molar-refractivity contribution is 0.557. The molecule has 1 atom stereocenters. The first-order valence-corrected chi connectivity index (χ1v) is 8.53. The lowest BCUT2D eigenvalue weighted by atomic mass is 9.82. The van der Waals surface area contributed by atoms with Gasteiger partial charge in [0.2, 0.25) is 0 Å². The average molecular weight is 295 g/mol. The monoisotopic (exact) mass is 295 g/mol. The Hall–Kier alpha value is -1.60. The minimum Gasteiger partial charge on any atom is -0.326 e. The molecular formula is C21H29N. The van der Waals surface area contributed by atoms with Crippen molar-refractivity contribution in [3.8, 4) is 0 Å². The molecule has 1 aromatic carbocycles. The third-order valence-electron chi connectivity index (χ3n) is 4.59. The Kier molecular flexibility index (Phi) is 6.67. The summed E-state index contributed by atoms with van der Waals surface area (Å²) >= 11 is 0. The molecule has 0 radical (unpaired) electrons. The predicted octanol–water partition coefficient (Wildman–Crippen LogP) is 5.11. The van der Waals surface area contributed by atoms with Crippen LogP contribution >= 0.6 is 0 Å². The van der Waals surface area contributed by atoms with Crippen molar-refractivity contribution < 1.29 is 0 Å². The lowest BCUT2D eigenvalue weighted by Gasteiger charge is -2.23. The zero-order valence-electron chi connectivity index (χ0n) is 14.0. The highest BCUT2D eigenvalue weighted by Gasteiger charge is 2.17. The summed E-state index contributed by atoms with van der Waals surface area (Å²) in [5.41, 5.74) is 11.5. The van der Waals surface area contributed by atoms with E-state index in [1.54, 1.807) is 0 Å². The first-order chi connectivity index (χ1) is 10.8. The molecule has 1 heteroatoms. The number of rotatable bonds is 6. The van der Waals surface area contributed by atoms with E-state index < -0.39 is 0 Å². The lowest BCUT2D eigenvalue weighted by Crippen LogP contribution is -2.11. The SMILES string of the molecule is C/C=C/CCc1cc(CN)ccc1CC1CCC=C/C1=C/C. The van der Waals surface area contributed by atoms with Crippen LogP contribution in [0.15, 0.2) is 54.2 Å². The maximum atomic E-state index is 5.82. The van der Waals surface area contributed by atoms with Gasteiger partial charge in [-0.15, -0.1) is 0 Å². The van der Waals surface area contributed by atoms with Crippen LogP contribution in [0.3, 0.4) is 0 Å². The Balaban J connectivity index is 2.19.